The highest BCUT2D eigenvalue weighted by Gasteiger charge is 2.27. The highest BCUT2D eigenvalue weighted by atomic mass is 16.6. The average molecular weight is 446 g/mol. The standard InChI is InChI=1S/C22H31N5O5/c1-22(2,3)32-21(31)27-11-9-26(10-12-27)14-19(29)24-16-6-4-5-15(13-16)23-17-7-8-18(28)25-20(17)30/h4-6,13,17,23H,7-12,14H2,1-3H3,(H,24,29)(H,25,28,30)/t17-/m0/s1. The third kappa shape index (κ3) is 6.94. The first kappa shape index (κ1) is 23.5. The molecule has 3 rings (SSSR count). The number of carbonyl (C=O) groups excluding carboxylic acids is 4. The van der Waals surface area contributed by atoms with Crippen molar-refractivity contribution in [3.63, 3.8) is 0 Å². The van der Waals surface area contributed by atoms with Crippen LogP contribution in [0, 0.1) is 0 Å². The van der Waals surface area contributed by atoms with Crippen LogP contribution in [-0.4, -0.2) is 78.0 Å². The number of benzene rings is 1. The molecule has 0 radical (unpaired) electrons. The van der Waals surface area contributed by atoms with Crippen molar-refractivity contribution in [2.45, 2.75) is 45.3 Å². The summed E-state index contributed by atoms with van der Waals surface area (Å²) >= 11 is 0. The van der Waals surface area contributed by atoms with E-state index in [2.05, 4.69) is 16.0 Å². The molecule has 2 saturated heterocycles. The number of hydrogen-bond donors (Lipinski definition) is 3. The smallest absolute Gasteiger partial charge is 0.410 e. The van der Waals surface area contributed by atoms with E-state index in [4.69, 9.17) is 4.74 Å². The first-order valence-corrected chi connectivity index (χ1v) is 10.8. The average Bonchev–Trinajstić information content (AvgIpc) is 2.69. The lowest BCUT2D eigenvalue weighted by Crippen LogP contribution is -2.51. The molecule has 10 heteroatoms. The summed E-state index contributed by atoms with van der Waals surface area (Å²) in [4.78, 5) is 51.5. The van der Waals surface area contributed by atoms with E-state index in [-0.39, 0.29) is 30.4 Å². The largest absolute Gasteiger partial charge is 0.444 e. The minimum absolute atomic E-state index is 0.158. The summed E-state index contributed by atoms with van der Waals surface area (Å²) in [6.45, 7) is 7.91. The van der Waals surface area contributed by atoms with Crippen molar-refractivity contribution in [2.24, 2.45) is 0 Å². The van der Waals surface area contributed by atoms with E-state index in [9.17, 15) is 19.2 Å². The lowest BCUT2D eigenvalue weighted by Gasteiger charge is -2.35. The molecule has 174 valence electrons. The van der Waals surface area contributed by atoms with Crippen molar-refractivity contribution in [1.82, 2.24) is 15.1 Å². The van der Waals surface area contributed by atoms with E-state index in [1.807, 2.05) is 25.7 Å². The van der Waals surface area contributed by atoms with Crippen LogP contribution in [-0.2, 0) is 19.1 Å². The monoisotopic (exact) mass is 445 g/mol. The number of rotatable bonds is 5. The van der Waals surface area contributed by atoms with Crippen molar-refractivity contribution >= 4 is 35.2 Å². The Morgan fingerprint density at radius 2 is 1.81 bits per heavy atom. The number of imide groups is 1. The van der Waals surface area contributed by atoms with Gasteiger partial charge in [-0.25, -0.2) is 4.79 Å². The minimum Gasteiger partial charge on any atom is -0.444 e. The van der Waals surface area contributed by atoms with E-state index in [0.717, 1.165) is 0 Å². The van der Waals surface area contributed by atoms with Gasteiger partial charge in [0.05, 0.1) is 6.54 Å². The quantitative estimate of drug-likeness (QED) is 0.586. The zero-order valence-electron chi connectivity index (χ0n) is 18.8. The van der Waals surface area contributed by atoms with Crippen LogP contribution in [0.25, 0.3) is 0 Å². The number of hydrogen-bond acceptors (Lipinski definition) is 7. The highest BCUT2D eigenvalue weighted by Crippen LogP contribution is 2.19. The van der Waals surface area contributed by atoms with Gasteiger partial charge in [-0.1, -0.05) is 6.07 Å². The van der Waals surface area contributed by atoms with Crippen LogP contribution in [0.15, 0.2) is 24.3 Å². The summed E-state index contributed by atoms with van der Waals surface area (Å²) in [6.07, 6.45) is 0.388. The molecular formula is C22H31N5O5. The van der Waals surface area contributed by atoms with Gasteiger partial charge in [-0.2, -0.15) is 0 Å². The van der Waals surface area contributed by atoms with Crippen LogP contribution < -0.4 is 16.0 Å². The molecule has 2 heterocycles. The lowest BCUT2D eigenvalue weighted by atomic mass is 10.1. The Hall–Kier alpha value is -3.14. The Balaban J connectivity index is 1.45. The van der Waals surface area contributed by atoms with Crippen LogP contribution in [0.1, 0.15) is 33.6 Å². The number of anilines is 2. The molecule has 32 heavy (non-hydrogen) atoms. The van der Waals surface area contributed by atoms with Crippen molar-refractivity contribution in [3.8, 4) is 0 Å². The Morgan fingerprint density at radius 3 is 2.47 bits per heavy atom. The fourth-order valence-corrected chi connectivity index (χ4v) is 3.54. The number of nitrogens with one attached hydrogen (secondary N) is 3. The third-order valence-electron chi connectivity index (χ3n) is 5.12. The summed E-state index contributed by atoms with van der Waals surface area (Å²) in [5.74, 6) is -0.768. The predicted molar refractivity (Wildman–Crippen MR) is 119 cm³/mol. The molecule has 1 atom stereocenters. The first-order valence-electron chi connectivity index (χ1n) is 10.8. The van der Waals surface area contributed by atoms with E-state index >= 15 is 0 Å². The molecular weight excluding hydrogens is 414 g/mol. The van der Waals surface area contributed by atoms with E-state index in [0.29, 0.717) is 50.4 Å². The Bertz CT molecular complexity index is 874. The van der Waals surface area contributed by atoms with Crippen molar-refractivity contribution in [1.29, 1.82) is 0 Å². The number of nitrogens with zero attached hydrogens (tertiary/aromatic N) is 2. The van der Waals surface area contributed by atoms with Gasteiger partial charge in [-0.3, -0.25) is 24.6 Å². The summed E-state index contributed by atoms with van der Waals surface area (Å²) in [6, 6.07) is 6.62. The van der Waals surface area contributed by atoms with Gasteiger partial charge in [0, 0.05) is 44.0 Å². The normalized spacial score (nSPS) is 19.8. The summed E-state index contributed by atoms with van der Waals surface area (Å²) in [5, 5.41) is 8.29. The zero-order chi connectivity index (χ0) is 23.3. The van der Waals surface area contributed by atoms with Crippen LogP contribution in [0.5, 0.6) is 0 Å². The van der Waals surface area contributed by atoms with E-state index in [1.54, 1.807) is 29.2 Å². The fraction of sp³-hybridized carbons (Fsp3) is 0.545. The fourth-order valence-electron chi connectivity index (χ4n) is 3.54. The number of amides is 4. The molecule has 0 spiro atoms. The first-order chi connectivity index (χ1) is 15.1. The molecule has 2 aliphatic rings. The molecule has 2 fully saturated rings. The molecule has 0 aromatic heterocycles. The number of ether oxygens (including phenoxy) is 1. The van der Waals surface area contributed by atoms with Gasteiger partial charge < -0.3 is 20.3 Å². The van der Waals surface area contributed by atoms with Gasteiger partial charge in [0.1, 0.15) is 11.6 Å². The maximum absolute atomic E-state index is 12.5. The van der Waals surface area contributed by atoms with Crippen LogP contribution >= 0.6 is 0 Å². The molecule has 0 bridgehead atoms. The predicted octanol–water partition coefficient (Wildman–Crippen LogP) is 1.39. The topological polar surface area (TPSA) is 120 Å². The molecule has 3 N–H and O–H groups in total. The molecule has 0 saturated carbocycles. The van der Waals surface area contributed by atoms with Gasteiger partial charge in [-0.05, 0) is 45.4 Å². The van der Waals surface area contributed by atoms with Gasteiger partial charge in [0.25, 0.3) is 0 Å². The summed E-state index contributed by atoms with van der Waals surface area (Å²) in [5.41, 5.74) is 0.762. The molecule has 1 aromatic carbocycles. The van der Waals surface area contributed by atoms with Gasteiger partial charge >= 0.3 is 6.09 Å². The minimum atomic E-state index is -0.532. The molecule has 0 unspecified atom stereocenters. The maximum atomic E-state index is 12.5. The third-order valence-corrected chi connectivity index (χ3v) is 5.12. The second kappa shape index (κ2) is 9.99. The number of piperazine rings is 1. The number of carbonyl (C=O) groups is 4. The molecule has 0 aliphatic carbocycles. The van der Waals surface area contributed by atoms with Crippen LogP contribution in [0.2, 0.25) is 0 Å². The Morgan fingerprint density at radius 1 is 1.12 bits per heavy atom. The van der Waals surface area contributed by atoms with Gasteiger partial charge in [0.15, 0.2) is 0 Å². The van der Waals surface area contributed by atoms with Crippen LogP contribution in [0.3, 0.4) is 0 Å². The van der Waals surface area contributed by atoms with Crippen molar-refractivity contribution in [3.05, 3.63) is 24.3 Å². The summed E-state index contributed by atoms with van der Waals surface area (Å²) in [7, 11) is 0. The Labute approximate surface area is 187 Å². The van der Waals surface area contributed by atoms with E-state index in [1.165, 1.54) is 0 Å². The Kier molecular flexibility index (Phi) is 7.34. The second-order valence-electron chi connectivity index (χ2n) is 9.02. The molecule has 2 aliphatic heterocycles. The highest BCUT2D eigenvalue weighted by molar-refractivity contribution is 6.01. The SMILES string of the molecule is CC(C)(C)OC(=O)N1CCN(CC(=O)Nc2cccc(N[C@H]3CCC(=O)NC3=O)c2)CC1. The molecule has 10 nitrogen and oxygen atoms in total. The summed E-state index contributed by atoms with van der Waals surface area (Å²) < 4.78 is 5.39. The van der Waals surface area contributed by atoms with E-state index < -0.39 is 11.6 Å². The second-order valence-corrected chi connectivity index (χ2v) is 9.02. The zero-order valence-corrected chi connectivity index (χ0v) is 18.8. The maximum Gasteiger partial charge on any atom is 0.410 e. The molecule has 4 amide bonds. The van der Waals surface area contributed by atoms with Crippen molar-refractivity contribution in [2.75, 3.05) is 43.4 Å². The van der Waals surface area contributed by atoms with Crippen LogP contribution in [0.4, 0.5) is 16.2 Å². The lowest BCUT2D eigenvalue weighted by molar-refractivity contribution is -0.133. The van der Waals surface area contributed by atoms with Crippen molar-refractivity contribution < 1.29 is 23.9 Å². The molecule has 1 aromatic rings. The number of piperidine rings is 1. The van der Waals surface area contributed by atoms with Gasteiger partial charge in [0.2, 0.25) is 17.7 Å². The van der Waals surface area contributed by atoms with Gasteiger partial charge in [-0.15, -0.1) is 0 Å².